The van der Waals surface area contributed by atoms with Gasteiger partial charge in [-0.2, -0.15) is 0 Å². The van der Waals surface area contributed by atoms with E-state index < -0.39 is 0 Å². The molecule has 1 aromatic rings. The van der Waals surface area contributed by atoms with E-state index >= 15 is 0 Å². The monoisotopic (exact) mass is 234 g/mol. The molecule has 0 aromatic heterocycles. The molecule has 2 N–H and O–H groups in total. The highest BCUT2D eigenvalue weighted by atomic mass is 16.5. The molecule has 1 unspecified atom stereocenters. The molecule has 92 valence electrons. The number of benzene rings is 1. The van der Waals surface area contributed by atoms with E-state index in [2.05, 4.69) is 0 Å². The minimum atomic E-state index is 0.0367. The Morgan fingerprint density at radius 3 is 3.12 bits per heavy atom. The minimum absolute atomic E-state index is 0.0367. The normalized spacial score (nSPS) is 21.0. The lowest BCUT2D eigenvalue weighted by atomic mass is 10.1. The van der Waals surface area contributed by atoms with E-state index in [9.17, 15) is 4.79 Å². The van der Waals surface area contributed by atoms with Gasteiger partial charge in [0, 0.05) is 30.9 Å². The first-order chi connectivity index (χ1) is 8.16. The molecule has 1 heterocycles. The van der Waals surface area contributed by atoms with Crippen molar-refractivity contribution in [3.63, 3.8) is 0 Å². The van der Waals surface area contributed by atoms with Gasteiger partial charge in [-0.1, -0.05) is 6.07 Å². The molecule has 0 radical (unpaired) electrons. The maximum Gasteiger partial charge on any atom is 0.254 e. The van der Waals surface area contributed by atoms with Gasteiger partial charge in [0.25, 0.3) is 5.91 Å². The van der Waals surface area contributed by atoms with Crippen LogP contribution >= 0.6 is 0 Å². The van der Waals surface area contributed by atoms with Crippen LogP contribution in [-0.2, 0) is 4.74 Å². The zero-order valence-electron chi connectivity index (χ0n) is 10.1. The Morgan fingerprint density at radius 2 is 2.35 bits per heavy atom. The van der Waals surface area contributed by atoms with E-state index in [0.29, 0.717) is 17.8 Å². The van der Waals surface area contributed by atoms with Crippen molar-refractivity contribution in [2.45, 2.75) is 19.4 Å². The molecule has 1 atom stereocenters. The molecule has 1 aliphatic heterocycles. The molecule has 1 fully saturated rings. The van der Waals surface area contributed by atoms with Gasteiger partial charge < -0.3 is 15.4 Å². The first kappa shape index (κ1) is 11.9. The van der Waals surface area contributed by atoms with Gasteiger partial charge in [0.1, 0.15) is 0 Å². The molecule has 1 aromatic carbocycles. The number of hydrogen-bond acceptors (Lipinski definition) is 3. The van der Waals surface area contributed by atoms with Gasteiger partial charge in [0.15, 0.2) is 0 Å². The zero-order chi connectivity index (χ0) is 12.3. The van der Waals surface area contributed by atoms with Gasteiger partial charge in [-0.3, -0.25) is 4.79 Å². The van der Waals surface area contributed by atoms with Crippen LogP contribution in [0.15, 0.2) is 24.3 Å². The standard InChI is InChI=1S/C13H18N2O2/c1-10-9-15(6-3-7-17-10)13(16)11-4-2-5-12(14)8-11/h2,4-5,8,10H,3,6-7,9,14H2,1H3. The van der Waals surface area contributed by atoms with E-state index in [1.807, 2.05) is 11.8 Å². The van der Waals surface area contributed by atoms with Crippen LogP contribution in [0.2, 0.25) is 0 Å². The van der Waals surface area contributed by atoms with Crippen molar-refractivity contribution < 1.29 is 9.53 Å². The quantitative estimate of drug-likeness (QED) is 0.749. The summed E-state index contributed by atoms with van der Waals surface area (Å²) in [6.07, 6.45) is 0.987. The summed E-state index contributed by atoms with van der Waals surface area (Å²) in [5, 5.41) is 0. The molecule has 1 aliphatic rings. The van der Waals surface area contributed by atoms with Crippen LogP contribution in [-0.4, -0.2) is 36.6 Å². The van der Waals surface area contributed by atoms with Crippen molar-refractivity contribution in [2.75, 3.05) is 25.4 Å². The number of rotatable bonds is 1. The molecule has 2 rings (SSSR count). The third kappa shape index (κ3) is 2.97. The second kappa shape index (κ2) is 5.19. The molecule has 17 heavy (non-hydrogen) atoms. The fourth-order valence-corrected chi connectivity index (χ4v) is 2.03. The summed E-state index contributed by atoms with van der Waals surface area (Å²) in [5.74, 6) is 0.0367. The molecule has 4 heteroatoms. The van der Waals surface area contributed by atoms with Crippen molar-refractivity contribution in [1.29, 1.82) is 0 Å². The molecule has 0 bridgehead atoms. The highest BCUT2D eigenvalue weighted by molar-refractivity contribution is 5.95. The number of nitrogen functional groups attached to an aromatic ring is 1. The Labute approximate surface area is 101 Å². The Hall–Kier alpha value is -1.55. The van der Waals surface area contributed by atoms with Crippen molar-refractivity contribution in [1.82, 2.24) is 4.90 Å². The Kier molecular flexibility index (Phi) is 3.64. The fourth-order valence-electron chi connectivity index (χ4n) is 2.03. The Bertz CT molecular complexity index is 406. The Balaban J connectivity index is 2.13. The van der Waals surface area contributed by atoms with E-state index in [-0.39, 0.29) is 12.0 Å². The van der Waals surface area contributed by atoms with Crippen LogP contribution in [0.5, 0.6) is 0 Å². The van der Waals surface area contributed by atoms with Gasteiger partial charge in [-0.25, -0.2) is 0 Å². The van der Waals surface area contributed by atoms with Gasteiger partial charge in [-0.05, 0) is 31.5 Å². The second-order valence-corrected chi connectivity index (χ2v) is 4.41. The molecule has 0 spiro atoms. The van der Waals surface area contributed by atoms with Crippen LogP contribution in [0.1, 0.15) is 23.7 Å². The van der Waals surface area contributed by atoms with Crippen LogP contribution in [0.25, 0.3) is 0 Å². The highest BCUT2D eigenvalue weighted by Crippen LogP contribution is 2.13. The predicted molar refractivity (Wildman–Crippen MR) is 66.8 cm³/mol. The summed E-state index contributed by atoms with van der Waals surface area (Å²) in [6, 6.07) is 7.11. The number of hydrogen-bond donors (Lipinski definition) is 1. The molecule has 1 amide bonds. The zero-order valence-corrected chi connectivity index (χ0v) is 10.1. The first-order valence-electron chi connectivity index (χ1n) is 5.93. The molecule has 0 aliphatic carbocycles. The van der Waals surface area contributed by atoms with Crippen molar-refractivity contribution in [3.8, 4) is 0 Å². The average Bonchev–Trinajstić information content (AvgIpc) is 2.53. The Morgan fingerprint density at radius 1 is 1.53 bits per heavy atom. The van der Waals surface area contributed by atoms with Crippen LogP contribution in [0.3, 0.4) is 0 Å². The van der Waals surface area contributed by atoms with Gasteiger partial charge in [0.2, 0.25) is 0 Å². The van der Waals surface area contributed by atoms with Crippen LogP contribution in [0, 0.1) is 0 Å². The lowest BCUT2D eigenvalue weighted by Crippen LogP contribution is -2.35. The maximum absolute atomic E-state index is 12.3. The molecule has 4 nitrogen and oxygen atoms in total. The molecule has 1 saturated heterocycles. The van der Waals surface area contributed by atoms with Crippen LogP contribution < -0.4 is 5.73 Å². The summed E-state index contributed by atoms with van der Waals surface area (Å²) in [5.41, 5.74) is 6.96. The van der Waals surface area contributed by atoms with Gasteiger partial charge >= 0.3 is 0 Å². The number of ether oxygens (including phenoxy) is 1. The molecular formula is C13H18N2O2. The number of amides is 1. The third-order valence-corrected chi connectivity index (χ3v) is 2.87. The van der Waals surface area contributed by atoms with E-state index in [1.54, 1.807) is 24.3 Å². The van der Waals surface area contributed by atoms with Crippen molar-refractivity contribution in [3.05, 3.63) is 29.8 Å². The molecular weight excluding hydrogens is 216 g/mol. The third-order valence-electron chi connectivity index (χ3n) is 2.87. The smallest absolute Gasteiger partial charge is 0.254 e. The van der Waals surface area contributed by atoms with E-state index in [1.165, 1.54) is 0 Å². The summed E-state index contributed by atoms with van der Waals surface area (Å²) in [4.78, 5) is 14.1. The predicted octanol–water partition coefficient (Wildman–Crippen LogP) is 1.52. The number of carbonyl (C=O) groups is 1. The van der Waals surface area contributed by atoms with Crippen molar-refractivity contribution >= 4 is 11.6 Å². The fraction of sp³-hybridized carbons (Fsp3) is 0.462. The second-order valence-electron chi connectivity index (χ2n) is 4.41. The number of nitrogens with zero attached hydrogens (tertiary/aromatic N) is 1. The molecule has 0 saturated carbocycles. The largest absolute Gasteiger partial charge is 0.399 e. The van der Waals surface area contributed by atoms with Gasteiger partial charge in [-0.15, -0.1) is 0 Å². The lowest BCUT2D eigenvalue weighted by molar-refractivity contribution is 0.0563. The number of anilines is 1. The topological polar surface area (TPSA) is 55.6 Å². The average molecular weight is 234 g/mol. The van der Waals surface area contributed by atoms with Crippen LogP contribution in [0.4, 0.5) is 5.69 Å². The van der Waals surface area contributed by atoms with E-state index in [0.717, 1.165) is 19.6 Å². The highest BCUT2D eigenvalue weighted by Gasteiger charge is 2.20. The summed E-state index contributed by atoms with van der Waals surface area (Å²) in [6.45, 7) is 4.11. The lowest BCUT2D eigenvalue weighted by Gasteiger charge is -2.22. The first-order valence-corrected chi connectivity index (χ1v) is 5.93. The maximum atomic E-state index is 12.3. The number of nitrogens with two attached hydrogens (primary N) is 1. The SMILES string of the molecule is CC1CN(C(=O)c2cccc(N)c2)CCCO1. The summed E-state index contributed by atoms with van der Waals surface area (Å²) in [7, 11) is 0. The summed E-state index contributed by atoms with van der Waals surface area (Å²) < 4.78 is 5.52. The van der Waals surface area contributed by atoms with E-state index in [4.69, 9.17) is 10.5 Å². The minimum Gasteiger partial charge on any atom is -0.399 e. The summed E-state index contributed by atoms with van der Waals surface area (Å²) >= 11 is 0. The number of carbonyl (C=O) groups excluding carboxylic acids is 1. The van der Waals surface area contributed by atoms with Gasteiger partial charge in [0.05, 0.1) is 6.10 Å². The van der Waals surface area contributed by atoms with Crippen molar-refractivity contribution in [2.24, 2.45) is 0 Å².